The van der Waals surface area contributed by atoms with Gasteiger partial charge in [0, 0.05) is 25.9 Å². The van der Waals surface area contributed by atoms with Crippen molar-refractivity contribution in [2.75, 3.05) is 24.3 Å². The van der Waals surface area contributed by atoms with Gasteiger partial charge in [0.15, 0.2) is 0 Å². The SMILES string of the molecule is Cc1cnc(Nc2oncc2C#N)nc1N(C)C. The average molecular weight is 244 g/mol. The van der Waals surface area contributed by atoms with Gasteiger partial charge < -0.3 is 9.42 Å². The molecule has 92 valence electrons. The van der Waals surface area contributed by atoms with Crippen molar-refractivity contribution in [3.05, 3.63) is 23.5 Å². The van der Waals surface area contributed by atoms with Crippen LogP contribution < -0.4 is 10.2 Å². The molecular weight excluding hydrogens is 232 g/mol. The summed E-state index contributed by atoms with van der Waals surface area (Å²) >= 11 is 0. The Labute approximate surface area is 104 Å². The first kappa shape index (κ1) is 11.9. The summed E-state index contributed by atoms with van der Waals surface area (Å²) in [5.74, 6) is 1.40. The van der Waals surface area contributed by atoms with Gasteiger partial charge in [0.1, 0.15) is 17.5 Å². The van der Waals surface area contributed by atoms with Crippen LogP contribution in [0.15, 0.2) is 16.9 Å². The maximum atomic E-state index is 8.83. The van der Waals surface area contributed by atoms with Crippen molar-refractivity contribution in [2.24, 2.45) is 0 Å². The van der Waals surface area contributed by atoms with Crippen LogP contribution in [0.25, 0.3) is 0 Å². The highest BCUT2D eigenvalue weighted by Gasteiger charge is 2.11. The predicted octanol–water partition coefficient (Wildman–Crippen LogP) is 1.45. The van der Waals surface area contributed by atoms with Gasteiger partial charge in [0.05, 0.1) is 6.20 Å². The second kappa shape index (κ2) is 4.71. The molecule has 2 aromatic heterocycles. The smallest absolute Gasteiger partial charge is 0.249 e. The highest BCUT2D eigenvalue weighted by Crippen LogP contribution is 2.20. The lowest BCUT2D eigenvalue weighted by molar-refractivity contribution is 0.434. The Hall–Kier alpha value is -2.62. The number of nitrogens with zero attached hydrogens (tertiary/aromatic N) is 5. The third-order valence-corrected chi connectivity index (χ3v) is 2.28. The summed E-state index contributed by atoms with van der Waals surface area (Å²) in [6.07, 6.45) is 3.04. The van der Waals surface area contributed by atoms with Crippen molar-refractivity contribution in [3.63, 3.8) is 0 Å². The zero-order valence-corrected chi connectivity index (χ0v) is 10.3. The fourth-order valence-electron chi connectivity index (χ4n) is 1.46. The quantitative estimate of drug-likeness (QED) is 0.873. The summed E-state index contributed by atoms with van der Waals surface area (Å²) in [6, 6.07) is 1.96. The molecule has 0 fully saturated rings. The van der Waals surface area contributed by atoms with Crippen LogP contribution in [-0.2, 0) is 0 Å². The molecule has 0 aliphatic carbocycles. The zero-order chi connectivity index (χ0) is 13.1. The zero-order valence-electron chi connectivity index (χ0n) is 10.3. The predicted molar refractivity (Wildman–Crippen MR) is 65.6 cm³/mol. The molecule has 0 spiro atoms. The first-order valence-electron chi connectivity index (χ1n) is 5.24. The van der Waals surface area contributed by atoms with Gasteiger partial charge >= 0.3 is 0 Å². The fraction of sp³-hybridized carbons (Fsp3) is 0.273. The molecule has 7 heteroatoms. The second-order valence-electron chi connectivity index (χ2n) is 3.90. The Bertz CT molecular complexity index is 598. The Balaban J connectivity index is 2.31. The Morgan fingerprint density at radius 1 is 1.39 bits per heavy atom. The van der Waals surface area contributed by atoms with Crippen molar-refractivity contribution >= 4 is 17.7 Å². The summed E-state index contributed by atoms with van der Waals surface area (Å²) < 4.78 is 4.91. The van der Waals surface area contributed by atoms with E-state index in [-0.39, 0.29) is 5.88 Å². The third-order valence-electron chi connectivity index (χ3n) is 2.28. The number of aryl methyl sites for hydroxylation is 1. The molecule has 2 heterocycles. The van der Waals surface area contributed by atoms with Crippen LogP contribution in [0.3, 0.4) is 0 Å². The van der Waals surface area contributed by atoms with Gasteiger partial charge in [-0.05, 0) is 6.92 Å². The normalized spacial score (nSPS) is 9.89. The van der Waals surface area contributed by atoms with Gasteiger partial charge in [-0.3, -0.25) is 5.32 Å². The standard InChI is InChI=1S/C11H12N6O/c1-7-5-13-11(15-9(7)17(2)3)16-10-8(4-12)6-14-18-10/h5-6H,1-3H3,(H,13,15,16). The highest BCUT2D eigenvalue weighted by molar-refractivity contribution is 5.57. The maximum absolute atomic E-state index is 8.83. The molecule has 2 aromatic rings. The minimum atomic E-state index is 0.242. The first-order valence-corrected chi connectivity index (χ1v) is 5.24. The molecule has 0 aliphatic rings. The molecule has 18 heavy (non-hydrogen) atoms. The van der Waals surface area contributed by atoms with E-state index in [0.29, 0.717) is 11.5 Å². The minimum Gasteiger partial charge on any atom is -0.362 e. The van der Waals surface area contributed by atoms with Crippen LogP contribution in [-0.4, -0.2) is 29.2 Å². The molecule has 0 aliphatic heterocycles. The summed E-state index contributed by atoms with van der Waals surface area (Å²) in [5, 5.41) is 15.2. The molecule has 0 atom stereocenters. The number of nitrogens with one attached hydrogen (secondary N) is 1. The number of rotatable bonds is 3. The van der Waals surface area contributed by atoms with Gasteiger partial charge in [-0.1, -0.05) is 5.16 Å². The van der Waals surface area contributed by atoms with Gasteiger partial charge in [0.25, 0.3) is 0 Å². The number of aromatic nitrogens is 3. The lowest BCUT2D eigenvalue weighted by Crippen LogP contribution is -2.13. The molecule has 7 nitrogen and oxygen atoms in total. The molecule has 0 radical (unpaired) electrons. The number of anilines is 3. The van der Waals surface area contributed by atoms with E-state index < -0.39 is 0 Å². The number of hydrogen-bond acceptors (Lipinski definition) is 7. The van der Waals surface area contributed by atoms with Crippen LogP contribution >= 0.6 is 0 Å². The van der Waals surface area contributed by atoms with Crippen LogP contribution in [0.1, 0.15) is 11.1 Å². The maximum Gasteiger partial charge on any atom is 0.249 e. The Morgan fingerprint density at radius 2 is 2.17 bits per heavy atom. The van der Waals surface area contributed by atoms with E-state index in [4.69, 9.17) is 9.78 Å². The van der Waals surface area contributed by atoms with Crippen LogP contribution in [0.4, 0.5) is 17.7 Å². The second-order valence-corrected chi connectivity index (χ2v) is 3.90. The summed E-state index contributed by atoms with van der Waals surface area (Å²) in [4.78, 5) is 10.3. The summed E-state index contributed by atoms with van der Waals surface area (Å²) in [7, 11) is 3.79. The van der Waals surface area contributed by atoms with Gasteiger partial charge in [0.2, 0.25) is 11.8 Å². The first-order chi connectivity index (χ1) is 8.61. The van der Waals surface area contributed by atoms with Crippen LogP contribution in [0, 0.1) is 18.3 Å². The van der Waals surface area contributed by atoms with Crippen LogP contribution in [0.2, 0.25) is 0 Å². The molecule has 0 aromatic carbocycles. The van der Waals surface area contributed by atoms with Crippen molar-refractivity contribution in [3.8, 4) is 6.07 Å². The van der Waals surface area contributed by atoms with E-state index in [9.17, 15) is 0 Å². The largest absolute Gasteiger partial charge is 0.362 e. The van der Waals surface area contributed by atoms with Gasteiger partial charge in [-0.15, -0.1) is 0 Å². The minimum absolute atomic E-state index is 0.242. The monoisotopic (exact) mass is 244 g/mol. The van der Waals surface area contributed by atoms with E-state index in [0.717, 1.165) is 11.4 Å². The number of nitriles is 1. The highest BCUT2D eigenvalue weighted by atomic mass is 16.5. The van der Waals surface area contributed by atoms with Gasteiger partial charge in [-0.25, -0.2) is 4.98 Å². The van der Waals surface area contributed by atoms with Crippen molar-refractivity contribution in [2.45, 2.75) is 6.92 Å². The van der Waals surface area contributed by atoms with E-state index >= 15 is 0 Å². The number of hydrogen-bond donors (Lipinski definition) is 1. The lowest BCUT2D eigenvalue weighted by atomic mass is 10.3. The Kier molecular flexibility index (Phi) is 3.10. The fourth-order valence-corrected chi connectivity index (χ4v) is 1.46. The van der Waals surface area contributed by atoms with Crippen molar-refractivity contribution in [1.29, 1.82) is 5.26 Å². The van der Waals surface area contributed by atoms with E-state index in [1.807, 2.05) is 32.0 Å². The molecule has 0 saturated heterocycles. The third kappa shape index (κ3) is 2.22. The van der Waals surface area contributed by atoms with E-state index in [1.165, 1.54) is 6.20 Å². The van der Waals surface area contributed by atoms with E-state index in [1.54, 1.807) is 6.20 Å². The molecule has 2 rings (SSSR count). The van der Waals surface area contributed by atoms with Crippen molar-refractivity contribution in [1.82, 2.24) is 15.1 Å². The molecule has 0 bridgehead atoms. The lowest BCUT2D eigenvalue weighted by Gasteiger charge is -2.14. The topological polar surface area (TPSA) is 90.9 Å². The molecular formula is C11H12N6O. The molecule has 1 N–H and O–H groups in total. The average Bonchev–Trinajstić information content (AvgIpc) is 2.78. The molecule has 0 unspecified atom stereocenters. The summed E-state index contributed by atoms with van der Waals surface area (Å²) in [5.41, 5.74) is 1.27. The Morgan fingerprint density at radius 3 is 2.83 bits per heavy atom. The van der Waals surface area contributed by atoms with Crippen LogP contribution in [0.5, 0.6) is 0 Å². The van der Waals surface area contributed by atoms with Gasteiger partial charge in [-0.2, -0.15) is 10.2 Å². The van der Waals surface area contributed by atoms with Crippen molar-refractivity contribution < 1.29 is 4.52 Å². The molecule has 0 saturated carbocycles. The molecule has 0 amide bonds. The summed E-state index contributed by atoms with van der Waals surface area (Å²) in [6.45, 7) is 1.92. The van der Waals surface area contributed by atoms with E-state index in [2.05, 4.69) is 20.4 Å².